The van der Waals surface area contributed by atoms with Gasteiger partial charge in [-0.25, -0.2) is 4.68 Å². The highest BCUT2D eigenvalue weighted by molar-refractivity contribution is 5.83. The largest absolute Gasteiger partial charge is 0.493 e. The topological polar surface area (TPSA) is 98.2 Å². The average Bonchev–Trinajstić information content (AvgIpc) is 3.28. The Morgan fingerprint density at radius 2 is 1.68 bits per heavy atom. The average molecular weight is 463 g/mol. The number of fused-ring (bicyclic) bond motifs is 1. The van der Waals surface area contributed by atoms with Crippen LogP contribution < -0.4 is 15.0 Å². The van der Waals surface area contributed by atoms with E-state index in [2.05, 4.69) is 58.3 Å². The molecular weight excluding hydrogens is 432 g/mol. The molecule has 0 bridgehead atoms. The van der Waals surface area contributed by atoms with Crippen LogP contribution in [0.5, 0.6) is 11.5 Å². The van der Waals surface area contributed by atoms with E-state index in [0.29, 0.717) is 42.2 Å². The van der Waals surface area contributed by atoms with E-state index >= 15 is 0 Å². The Balaban J connectivity index is 1.70. The summed E-state index contributed by atoms with van der Waals surface area (Å²) in [6, 6.07) is 15.7. The lowest BCUT2D eigenvalue weighted by Gasteiger charge is -2.25. The monoisotopic (exact) mass is 462 g/mol. The number of hydrogen-bond donors (Lipinski definition) is 1. The van der Waals surface area contributed by atoms with Gasteiger partial charge in [-0.1, -0.05) is 30.3 Å². The number of hydrogen-bond acceptors (Lipinski definition) is 7. The molecule has 2 aromatic heterocycles. The van der Waals surface area contributed by atoms with Crippen molar-refractivity contribution in [2.45, 2.75) is 45.9 Å². The van der Waals surface area contributed by atoms with Crippen LogP contribution in [-0.4, -0.2) is 44.3 Å². The van der Waals surface area contributed by atoms with Gasteiger partial charge in [0.15, 0.2) is 17.3 Å². The Morgan fingerprint density at radius 1 is 0.971 bits per heavy atom. The van der Waals surface area contributed by atoms with Gasteiger partial charge < -0.3 is 14.5 Å². The molecule has 1 N–H and O–H groups in total. The predicted molar refractivity (Wildman–Crippen MR) is 130 cm³/mol. The van der Waals surface area contributed by atoms with Crippen molar-refractivity contribution in [3.8, 4) is 11.5 Å². The van der Waals surface area contributed by atoms with Gasteiger partial charge in [0.05, 0.1) is 31.8 Å². The Hall–Kier alpha value is -3.72. The van der Waals surface area contributed by atoms with Crippen molar-refractivity contribution >= 4 is 10.9 Å². The van der Waals surface area contributed by atoms with Crippen LogP contribution >= 0.6 is 0 Å². The number of ether oxygens (including phenoxy) is 2. The van der Waals surface area contributed by atoms with Crippen molar-refractivity contribution in [2.75, 3.05) is 14.2 Å². The van der Waals surface area contributed by atoms with E-state index in [1.807, 2.05) is 35.0 Å². The molecule has 0 atom stereocenters. The van der Waals surface area contributed by atoms with Crippen LogP contribution in [0.3, 0.4) is 0 Å². The van der Waals surface area contributed by atoms with E-state index in [4.69, 9.17) is 9.47 Å². The quantitative estimate of drug-likeness (QED) is 0.428. The number of aromatic nitrogens is 5. The first kappa shape index (κ1) is 23.4. The minimum Gasteiger partial charge on any atom is -0.493 e. The van der Waals surface area contributed by atoms with Crippen LogP contribution in [0.4, 0.5) is 0 Å². The van der Waals surface area contributed by atoms with Crippen molar-refractivity contribution in [1.82, 2.24) is 30.1 Å². The zero-order valence-electron chi connectivity index (χ0n) is 20.2. The van der Waals surface area contributed by atoms with E-state index in [-0.39, 0.29) is 11.1 Å². The van der Waals surface area contributed by atoms with Gasteiger partial charge in [-0.2, -0.15) is 0 Å². The Morgan fingerprint density at radius 3 is 2.35 bits per heavy atom. The SMILES string of the molecule is COc1cc2cc(CN(Cc3ccccc3)Cc3nnnn3C(C)(C)C)c(=O)[nH]c2cc1OC. The number of methoxy groups -OCH3 is 2. The highest BCUT2D eigenvalue weighted by Gasteiger charge is 2.22. The summed E-state index contributed by atoms with van der Waals surface area (Å²) in [5, 5.41) is 13.2. The minimum atomic E-state index is -0.257. The molecule has 178 valence electrons. The van der Waals surface area contributed by atoms with Gasteiger partial charge in [-0.15, -0.1) is 5.10 Å². The van der Waals surface area contributed by atoms with E-state index in [9.17, 15) is 4.79 Å². The predicted octanol–water partition coefficient (Wildman–Crippen LogP) is 3.49. The standard InChI is InChI=1S/C25H30N6O3/c1-25(2,3)31-23(27-28-29-31)16-30(14-17-9-7-6-8-10-17)15-19-11-18-12-21(33-4)22(34-5)13-20(18)26-24(19)32/h6-13H,14-16H2,1-5H3,(H,26,32). The molecule has 4 rings (SSSR count). The number of nitrogens with zero attached hydrogens (tertiary/aromatic N) is 5. The molecule has 0 radical (unpaired) electrons. The third kappa shape index (κ3) is 5.09. The van der Waals surface area contributed by atoms with Crippen LogP contribution in [-0.2, 0) is 25.2 Å². The molecule has 0 aliphatic carbocycles. The maximum Gasteiger partial charge on any atom is 0.252 e. The maximum atomic E-state index is 13.0. The molecule has 2 aromatic carbocycles. The zero-order chi connectivity index (χ0) is 24.3. The fraction of sp³-hybridized carbons (Fsp3) is 0.360. The molecule has 9 heteroatoms. The van der Waals surface area contributed by atoms with Gasteiger partial charge >= 0.3 is 0 Å². The van der Waals surface area contributed by atoms with E-state index in [0.717, 1.165) is 16.8 Å². The smallest absolute Gasteiger partial charge is 0.252 e. The summed E-state index contributed by atoms with van der Waals surface area (Å²) in [6.07, 6.45) is 0. The lowest BCUT2D eigenvalue weighted by Crippen LogP contribution is -2.31. The second-order valence-electron chi connectivity index (χ2n) is 9.23. The van der Waals surface area contributed by atoms with Crippen molar-refractivity contribution in [3.63, 3.8) is 0 Å². The molecule has 0 unspecified atom stereocenters. The van der Waals surface area contributed by atoms with Gasteiger partial charge in [-0.3, -0.25) is 9.69 Å². The second-order valence-corrected chi connectivity index (χ2v) is 9.23. The van der Waals surface area contributed by atoms with Crippen molar-refractivity contribution in [1.29, 1.82) is 0 Å². The van der Waals surface area contributed by atoms with Crippen LogP contribution in [0.2, 0.25) is 0 Å². The maximum absolute atomic E-state index is 13.0. The summed E-state index contributed by atoms with van der Waals surface area (Å²) in [6.45, 7) is 7.73. The first-order valence-corrected chi connectivity index (χ1v) is 11.1. The van der Waals surface area contributed by atoms with Gasteiger partial charge in [0.25, 0.3) is 5.56 Å². The van der Waals surface area contributed by atoms with Crippen molar-refractivity contribution in [2.24, 2.45) is 0 Å². The normalized spacial score (nSPS) is 11.8. The number of aromatic amines is 1. The van der Waals surface area contributed by atoms with Crippen LogP contribution in [0.15, 0.2) is 53.3 Å². The molecule has 0 spiro atoms. The Labute approximate surface area is 198 Å². The van der Waals surface area contributed by atoms with E-state index in [1.54, 1.807) is 20.3 Å². The highest BCUT2D eigenvalue weighted by atomic mass is 16.5. The molecule has 0 fully saturated rings. The third-order valence-electron chi connectivity index (χ3n) is 5.60. The van der Waals surface area contributed by atoms with Crippen LogP contribution in [0.25, 0.3) is 10.9 Å². The van der Waals surface area contributed by atoms with Crippen molar-refractivity contribution in [3.05, 3.63) is 75.8 Å². The molecular formula is C25H30N6O3. The van der Waals surface area contributed by atoms with Gasteiger partial charge in [0, 0.05) is 30.1 Å². The zero-order valence-corrected chi connectivity index (χ0v) is 20.2. The molecule has 0 aliphatic rings. The fourth-order valence-corrected chi connectivity index (χ4v) is 3.97. The van der Waals surface area contributed by atoms with Crippen molar-refractivity contribution < 1.29 is 9.47 Å². The number of tetrazole rings is 1. The first-order valence-electron chi connectivity index (χ1n) is 11.1. The van der Waals surface area contributed by atoms with Gasteiger partial charge in [0.2, 0.25) is 0 Å². The molecule has 2 heterocycles. The Bertz CT molecular complexity index is 1320. The highest BCUT2D eigenvalue weighted by Crippen LogP contribution is 2.31. The summed E-state index contributed by atoms with van der Waals surface area (Å²) < 4.78 is 12.6. The summed E-state index contributed by atoms with van der Waals surface area (Å²) in [7, 11) is 3.17. The van der Waals surface area contributed by atoms with E-state index < -0.39 is 0 Å². The molecule has 34 heavy (non-hydrogen) atoms. The summed E-state index contributed by atoms with van der Waals surface area (Å²) in [5.41, 5.74) is 2.07. The van der Waals surface area contributed by atoms with Gasteiger partial charge in [0.1, 0.15) is 0 Å². The molecule has 0 saturated heterocycles. The van der Waals surface area contributed by atoms with Crippen LogP contribution in [0, 0.1) is 0 Å². The minimum absolute atomic E-state index is 0.145. The number of H-pyrrole nitrogens is 1. The number of nitrogens with one attached hydrogen (secondary N) is 1. The molecule has 0 amide bonds. The Kier molecular flexibility index (Phi) is 6.65. The van der Waals surface area contributed by atoms with E-state index in [1.165, 1.54) is 0 Å². The van der Waals surface area contributed by atoms with Crippen LogP contribution in [0.1, 0.15) is 37.7 Å². The molecule has 4 aromatic rings. The molecule has 9 nitrogen and oxygen atoms in total. The lowest BCUT2D eigenvalue weighted by molar-refractivity contribution is 0.223. The fourth-order valence-electron chi connectivity index (χ4n) is 3.97. The number of rotatable bonds is 8. The molecule has 0 saturated carbocycles. The summed E-state index contributed by atoms with van der Waals surface area (Å²) in [4.78, 5) is 18.2. The summed E-state index contributed by atoms with van der Waals surface area (Å²) >= 11 is 0. The third-order valence-corrected chi connectivity index (χ3v) is 5.60. The summed E-state index contributed by atoms with van der Waals surface area (Å²) in [5.74, 6) is 1.92. The van der Waals surface area contributed by atoms with Gasteiger partial charge in [-0.05, 0) is 48.9 Å². The lowest BCUT2D eigenvalue weighted by atomic mass is 10.1. The number of benzene rings is 2. The second kappa shape index (κ2) is 9.64. The first-order chi connectivity index (χ1) is 16.3. The molecule has 0 aliphatic heterocycles. The number of pyridine rings is 1.